The minimum atomic E-state index is -0.724. The summed E-state index contributed by atoms with van der Waals surface area (Å²) in [6.45, 7) is 15.2. The monoisotopic (exact) mass is 263 g/mol. The summed E-state index contributed by atoms with van der Waals surface area (Å²) in [4.78, 5) is 0. The smallest absolute Gasteiger partial charge is 0.0784 e. The van der Waals surface area contributed by atoms with E-state index in [0.29, 0.717) is 13.0 Å². The first-order valence-electron chi connectivity index (χ1n) is 7.04. The lowest BCUT2D eigenvalue weighted by atomic mass is 9.89. The number of benzene rings is 1. The molecule has 19 heavy (non-hydrogen) atoms. The Kier molecular flexibility index (Phi) is 4.81. The van der Waals surface area contributed by atoms with Crippen molar-refractivity contribution in [2.24, 2.45) is 0 Å². The first kappa shape index (κ1) is 16.2. The summed E-state index contributed by atoms with van der Waals surface area (Å²) in [6, 6.07) is 4.38. The van der Waals surface area contributed by atoms with Gasteiger partial charge in [-0.05, 0) is 65.2 Å². The molecule has 0 heterocycles. The van der Waals surface area contributed by atoms with Crippen LogP contribution in [0.3, 0.4) is 0 Å². The van der Waals surface area contributed by atoms with E-state index >= 15 is 0 Å². The Morgan fingerprint density at radius 2 is 1.47 bits per heavy atom. The fraction of sp³-hybridized carbons (Fsp3) is 0.647. The van der Waals surface area contributed by atoms with Gasteiger partial charge >= 0.3 is 0 Å². The molecule has 0 fully saturated rings. The van der Waals surface area contributed by atoms with Gasteiger partial charge in [-0.2, -0.15) is 0 Å². The summed E-state index contributed by atoms with van der Waals surface area (Å²) >= 11 is 0. The highest BCUT2D eigenvalue weighted by Crippen LogP contribution is 2.22. The largest absolute Gasteiger partial charge is 0.389 e. The Labute approximate surface area is 118 Å². The van der Waals surface area contributed by atoms with Crippen molar-refractivity contribution in [2.45, 2.75) is 66.0 Å². The molecule has 2 nitrogen and oxygen atoms in total. The van der Waals surface area contributed by atoms with Crippen molar-refractivity contribution in [3.05, 3.63) is 34.4 Å². The molecule has 1 aromatic carbocycles. The summed E-state index contributed by atoms with van der Waals surface area (Å²) in [5.74, 6) is 0. The molecular weight excluding hydrogens is 234 g/mol. The van der Waals surface area contributed by atoms with Crippen LogP contribution in [0.5, 0.6) is 0 Å². The van der Waals surface area contributed by atoms with Crippen LogP contribution >= 0.6 is 0 Å². The van der Waals surface area contributed by atoms with E-state index in [9.17, 15) is 5.11 Å². The number of nitrogens with one attached hydrogen (secondary N) is 1. The normalized spacial score (nSPS) is 15.4. The van der Waals surface area contributed by atoms with Crippen LogP contribution in [-0.2, 0) is 6.42 Å². The molecule has 0 bridgehead atoms. The van der Waals surface area contributed by atoms with Gasteiger partial charge in [0.05, 0.1) is 5.60 Å². The van der Waals surface area contributed by atoms with Crippen molar-refractivity contribution in [3.8, 4) is 0 Å². The topological polar surface area (TPSA) is 32.3 Å². The molecule has 2 N–H and O–H groups in total. The minimum Gasteiger partial charge on any atom is -0.389 e. The van der Waals surface area contributed by atoms with Crippen molar-refractivity contribution in [3.63, 3.8) is 0 Å². The van der Waals surface area contributed by atoms with E-state index < -0.39 is 5.60 Å². The standard InChI is InChI=1S/C17H29NO/c1-12-8-13(2)15(14(3)9-12)10-17(7,19)11-18-16(4,5)6/h8-9,18-19H,10-11H2,1-7H3. The van der Waals surface area contributed by atoms with Crippen molar-refractivity contribution >= 4 is 0 Å². The zero-order valence-corrected chi connectivity index (χ0v) is 13.5. The Hall–Kier alpha value is -0.860. The van der Waals surface area contributed by atoms with Crippen LogP contribution in [-0.4, -0.2) is 22.8 Å². The molecule has 0 aliphatic carbocycles. The second-order valence-corrected chi connectivity index (χ2v) is 7.15. The fourth-order valence-electron chi connectivity index (χ4n) is 2.39. The van der Waals surface area contributed by atoms with E-state index in [-0.39, 0.29) is 5.54 Å². The van der Waals surface area contributed by atoms with Gasteiger partial charge in [0.1, 0.15) is 0 Å². The summed E-state index contributed by atoms with van der Waals surface area (Å²) < 4.78 is 0. The minimum absolute atomic E-state index is 0.0291. The summed E-state index contributed by atoms with van der Waals surface area (Å²) in [6.07, 6.45) is 0.689. The molecule has 0 spiro atoms. The van der Waals surface area contributed by atoms with Crippen LogP contribution in [0.2, 0.25) is 0 Å². The van der Waals surface area contributed by atoms with Crippen LogP contribution < -0.4 is 5.32 Å². The molecule has 0 aromatic heterocycles. The Morgan fingerprint density at radius 3 is 1.89 bits per heavy atom. The van der Waals surface area contributed by atoms with Crippen molar-refractivity contribution in [1.82, 2.24) is 5.32 Å². The van der Waals surface area contributed by atoms with Crippen molar-refractivity contribution in [2.75, 3.05) is 6.54 Å². The number of aryl methyl sites for hydroxylation is 3. The maximum Gasteiger partial charge on any atom is 0.0784 e. The summed E-state index contributed by atoms with van der Waals surface area (Å²) in [5, 5.41) is 14.0. The third-order valence-electron chi connectivity index (χ3n) is 3.40. The SMILES string of the molecule is Cc1cc(C)c(CC(C)(O)CNC(C)(C)C)c(C)c1. The highest BCUT2D eigenvalue weighted by molar-refractivity contribution is 5.38. The lowest BCUT2D eigenvalue weighted by molar-refractivity contribution is 0.0532. The lowest BCUT2D eigenvalue weighted by Crippen LogP contribution is -2.47. The number of β-amino-alcohol motifs (C(OH)–C–C–N with tert-alkyl or cyclic N) is 1. The molecular formula is C17H29NO. The van der Waals surface area contributed by atoms with Gasteiger partial charge in [-0.1, -0.05) is 17.7 Å². The average molecular weight is 263 g/mol. The maximum absolute atomic E-state index is 10.6. The molecule has 2 heteroatoms. The van der Waals surface area contributed by atoms with Crippen LogP contribution in [0, 0.1) is 20.8 Å². The van der Waals surface area contributed by atoms with Gasteiger partial charge in [-0.3, -0.25) is 0 Å². The quantitative estimate of drug-likeness (QED) is 0.873. The lowest BCUT2D eigenvalue weighted by Gasteiger charge is -2.30. The van der Waals surface area contributed by atoms with Crippen LogP contribution in [0.4, 0.5) is 0 Å². The molecule has 0 radical (unpaired) electrons. The summed E-state index contributed by atoms with van der Waals surface area (Å²) in [5.41, 5.74) is 4.40. The highest BCUT2D eigenvalue weighted by Gasteiger charge is 2.24. The third kappa shape index (κ3) is 5.33. The van der Waals surface area contributed by atoms with E-state index in [4.69, 9.17) is 0 Å². The average Bonchev–Trinajstić information content (AvgIpc) is 2.20. The van der Waals surface area contributed by atoms with Gasteiger partial charge in [0.25, 0.3) is 0 Å². The van der Waals surface area contributed by atoms with Gasteiger partial charge in [0, 0.05) is 18.5 Å². The molecule has 1 rings (SSSR count). The van der Waals surface area contributed by atoms with Crippen LogP contribution in [0.1, 0.15) is 49.9 Å². The zero-order chi connectivity index (χ0) is 14.8. The predicted octanol–water partition coefficient (Wildman–Crippen LogP) is 3.29. The summed E-state index contributed by atoms with van der Waals surface area (Å²) in [7, 11) is 0. The van der Waals surface area contributed by atoms with Crippen molar-refractivity contribution in [1.29, 1.82) is 0 Å². The second-order valence-electron chi connectivity index (χ2n) is 7.15. The van der Waals surface area contributed by atoms with Gasteiger partial charge in [0.15, 0.2) is 0 Å². The highest BCUT2D eigenvalue weighted by atomic mass is 16.3. The molecule has 0 aliphatic rings. The number of hydrogen-bond acceptors (Lipinski definition) is 2. The molecule has 1 unspecified atom stereocenters. The molecule has 108 valence electrons. The number of rotatable bonds is 4. The molecule has 0 amide bonds. The van der Waals surface area contributed by atoms with E-state index in [0.717, 1.165) is 0 Å². The molecule has 0 aliphatic heterocycles. The predicted molar refractivity (Wildman–Crippen MR) is 82.7 cm³/mol. The van der Waals surface area contributed by atoms with Crippen LogP contribution in [0.25, 0.3) is 0 Å². The Bertz CT molecular complexity index is 418. The van der Waals surface area contributed by atoms with Gasteiger partial charge in [-0.15, -0.1) is 0 Å². The van der Waals surface area contributed by atoms with Gasteiger partial charge < -0.3 is 10.4 Å². The Balaban J connectivity index is 2.84. The second kappa shape index (κ2) is 5.64. The molecule has 1 atom stereocenters. The van der Waals surface area contributed by atoms with Gasteiger partial charge in [0.2, 0.25) is 0 Å². The number of hydrogen-bond donors (Lipinski definition) is 2. The van der Waals surface area contributed by atoms with E-state index in [1.165, 1.54) is 22.3 Å². The molecule has 1 aromatic rings. The zero-order valence-electron chi connectivity index (χ0n) is 13.5. The number of aliphatic hydroxyl groups is 1. The molecule has 0 saturated carbocycles. The maximum atomic E-state index is 10.6. The molecule has 0 saturated heterocycles. The van der Waals surface area contributed by atoms with E-state index in [1.54, 1.807) is 0 Å². The van der Waals surface area contributed by atoms with E-state index in [2.05, 4.69) is 59.0 Å². The Morgan fingerprint density at radius 1 is 1.00 bits per heavy atom. The van der Waals surface area contributed by atoms with E-state index in [1.807, 2.05) is 6.92 Å². The van der Waals surface area contributed by atoms with Crippen LogP contribution in [0.15, 0.2) is 12.1 Å². The van der Waals surface area contributed by atoms with Crippen molar-refractivity contribution < 1.29 is 5.11 Å². The third-order valence-corrected chi connectivity index (χ3v) is 3.40. The first-order valence-corrected chi connectivity index (χ1v) is 7.04. The first-order chi connectivity index (χ1) is 8.50. The fourth-order valence-corrected chi connectivity index (χ4v) is 2.39. The van der Waals surface area contributed by atoms with Gasteiger partial charge in [-0.25, -0.2) is 0 Å².